The Balaban J connectivity index is 1.24. The molecule has 0 radical (unpaired) electrons. The van der Waals surface area contributed by atoms with Crippen molar-refractivity contribution in [3.05, 3.63) is 127 Å². The van der Waals surface area contributed by atoms with Crippen LogP contribution in [0, 0.1) is 0 Å². The van der Waals surface area contributed by atoms with E-state index in [9.17, 15) is 0 Å². The van der Waals surface area contributed by atoms with E-state index in [1.54, 1.807) is 5.19 Å². The molecule has 9 rings (SSSR count). The number of hydrogen-bond acceptors (Lipinski definition) is 2. The first-order chi connectivity index (χ1) is 24.3. The molecule has 4 heteroatoms. The van der Waals surface area contributed by atoms with Crippen LogP contribution in [0.1, 0.15) is 41.5 Å². The van der Waals surface area contributed by atoms with E-state index in [1.807, 2.05) is 12.1 Å². The summed E-state index contributed by atoms with van der Waals surface area (Å²) in [6.45, 7) is 14.6. The molecule has 0 bridgehead atoms. The minimum Gasteiger partial charge on any atom is -0.456 e. The number of furan rings is 1. The summed E-state index contributed by atoms with van der Waals surface area (Å²) in [6, 6.07) is 46.6. The Morgan fingerprint density at radius 1 is 0.520 bits per heavy atom. The highest BCUT2D eigenvalue weighted by molar-refractivity contribution is 6.95. The van der Waals surface area contributed by atoms with Gasteiger partial charge in [0.05, 0.1) is 24.6 Å². The highest BCUT2D eigenvalue weighted by atomic mass is 28.3. The van der Waals surface area contributed by atoms with Gasteiger partial charge >= 0.3 is 0 Å². The Morgan fingerprint density at radius 2 is 1.16 bits per heavy atom. The lowest BCUT2D eigenvalue weighted by molar-refractivity contribution is 0.669. The molecular formula is C46H42N2OSi. The maximum atomic E-state index is 6.15. The van der Waals surface area contributed by atoms with Crippen molar-refractivity contribution in [2.45, 2.75) is 58.2 Å². The first-order valence-corrected chi connectivity index (χ1v) is 20.3. The third-order valence-electron chi connectivity index (χ3n) is 11.6. The van der Waals surface area contributed by atoms with E-state index in [2.05, 4.69) is 161 Å². The molecular weight excluding hydrogens is 625 g/mol. The van der Waals surface area contributed by atoms with E-state index in [1.165, 1.54) is 43.6 Å². The molecule has 0 atom stereocenters. The van der Waals surface area contributed by atoms with Crippen LogP contribution in [0.4, 0.5) is 0 Å². The van der Waals surface area contributed by atoms with Crippen LogP contribution in [0.5, 0.6) is 0 Å². The summed E-state index contributed by atoms with van der Waals surface area (Å²) in [5.74, 6) is 0.944. The molecule has 3 heterocycles. The van der Waals surface area contributed by atoms with Crippen LogP contribution in [0.2, 0.25) is 16.6 Å². The molecule has 50 heavy (non-hydrogen) atoms. The van der Waals surface area contributed by atoms with E-state index >= 15 is 0 Å². The summed E-state index contributed by atoms with van der Waals surface area (Å²) in [4.78, 5) is 5.36. The van der Waals surface area contributed by atoms with Crippen LogP contribution in [0.3, 0.4) is 0 Å². The first kappa shape index (κ1) is 30.8. The van der Waals surface area contributed by atoms with E-state index in [-0.39, 0.29) is 0 Å². The predicted octanol–water partition coefficient (Wildman–Crippen LogP) is 12.9. The first-order valence-electron chi connectivity index (χ1n) is 18.0. The third kappa shape index (κ3) is 4.44. The Kier molecular flexibility index (Phi) is 7.05. The molecule has 0 aliphatic heterocycles. The van der Waals surface area contributed by atoms with Crippen molar-refractivity contribution >= 4 is 78.7 Å². The smallest absolute Gasteiger partial charge is 0.138 e. The van der Waals surface area contributed by atoms with Crippen LogP contribution >= 0.6 is 0 Å². The minimum absolute atomic E-state index is 0.658. The zero-order chi connectivity index (χ0) is 34.3. The lowest BCUT2D eigenvalue weighted by Gasteiger charge is -2.43. The van der Waals surface area contributed by atoms with E-state index in [0.29, 0.717) is 16.6 Å². The Morgan fingerprint density at radius 3 is 1.94 bits per heavy atom. The lowest BCUT2D eigenvalue weighted by Crippen LogP contribution is -2.55. The van der Waals surface area contributed by atoms with Gasteiger partial charge in [0, 0.05) is 26.9 Å². The highest BCUT2D eigenvalue weighted by Gasteiger charge is 2.44. The van der Waals surface area contributed by atoms with Gasteiger partial charge < -0.3 is 4.42 Å². The Bertz CT molecular complexity index is 2740. The summed E-state index contributed by atoms with van der Waals surface area (Å²) in [5, 5.41) is 10.0. The van der Waals surface area contributed by atoms with Gasteiger partial charge in [-0.2, -0.15) is 0 Å². The van der Waals surface area contributed by atoms with Gasteiger partial charge in [-0.25, -0.2) is 4.98 Å². The lowest BCUT2D eigenvalue weighted by atomic mass is 9.99. The zero-order valence-electron chi connectivity index (χ0n) is 29.7. The van der Waals surface area contributed by atoms with Gasteiger partial charge in [0.15, 0.2) is 0 Å². The van der Waals surface area contributed by atoms with Gasteiger partial charge in [-0.1, -0.05) is 120 Å². The number of aromatic nitrogens is 2. The van der Waals surface area contributed by atoms with E-state index in [0.717, 1.165) is 38.8 Å². The Hall–Kier alpha value is -5.19. The number of para-hydroxylation sites is 1. The molecule has 0 saturated heterocycles. The van der Waals surface area contributed by atoms with Crippen molar-refractivity contribution in [2.24, 2.45) is 0 Å². The quantitative estimate of drug-likeness (QED) is 0.165. The van der Waals surface area contributed by atoms with Crippen LogP contribution in [0.15, 0.2) is 132 Å². The standard InChI is InChI=1S/C46H42N2OSi/c1-28(2)50(29(3)4,30(5)6)35-19-20-40-34(25-35)18-24-45(47-40)48-41-21-16-32(27-39(41)46-36-12-8-7-11-31(36)15-22-42(46)48)33-17-23-44-38(26-33)37-13-9-10-14-43(37)49-44/h7-30H,1-6H3. The van der Waals surface area contributed by atoms with Gasteiger partial charge in [0.25, 0.3) is 0 Å². The van der Waals surface area contributed by atoms with Crippen LogP contribution in [0.25, 0.3) is 82.4 Å². The molecule has 0 N–H and O–H groups in total. The molecule has 0 aliphatic carbocycles. The van der Waals surface area contributed by atoms with E-state index in [4.69, 9.17) is 9.40 Å². The number of benzene rings is 6. The normalized spacial score (nSPS) is 12.7. The summed E-state index contributed by atoms with van der Waals surface area (Å²) in [6.07, 6.45) is 0. The SMILES string of the molecule is CC(C)[Si](c1ccc2nc(-n3c4ccc(-c5ccc6oc7ccccc7c6c5)cc4c4c5ccccc5ccc43)ccc2c1)(C(C)C)C(C)C. The molecule has 0 spiro atoms. The minimum atomic E-state index is -1.78. The second kappa shape index (κ2) is 11.4. The second-order valence-corrected chi connectivity index (χ2v) is 20.9. The topological polar surface area (TPSA) is 31.0 Å². The van der Waals surface area contributed by atoms with Crippen LogP contribution < -0.4 is 5.19 Å². The number of nitrogens with zero attached hydrogens (tertiary/aromatic N) is 2. The molecule has 0 saturated carbocycles. The van der Waals surface area contributed by atoms with Gasteiger partial charge in [0.1, 0.15) is 17.0 Å². The van der Waals surface area contributed by atoms with Crippen molar-refractivity contribution in [1.29, 1.82) is 0 Å². The maximum Gasteiger partial charge on any atom is 0.138 e. The summed E-state index contributed by atoms with van der Waals surface area (Å²) in [5.41, 5.74) is 9.54. The van der Waals surface area contributed by atoms with Crippen molar-refractivity contribution in [3.8, 4) is 16.9 Å². The predicted molar refractivity (Wildman–Crippen MR) is 217 cm³/mol. The molecule has 246 valence electrons. The van der Waals surface area contributed by atoms with Crippen LogP contribution in [-0.4, -0.2) is 17.6 Å². The van der Waals surface area contributed by atoms with Gasteiger partial charge in [-0.3, -0.25) is 4.57 Å². The van der Waals surface area contributed by atoms with Gasteiger partial charge in [-0.15, -0.1) is 0 Å². The third-order valence-corrected chi connectivity index (χ3v) is 18.7. The molecule has 0 amide bonds. The van der Waals surface area contributed by atoms with Crippen molar-refractivity contribution in [3.63, 3.8) is 0 Å². The fourth-order valence-electron chi connectivity index (χ4n) is 9.63. The van der Waals surface area contributed by atoms with E-state index < -0.39 is 8.07 Å². The van der Waals surface area contributed by atoms with Gasteiger partial charge in [-0.05, 0) is 93.1 Å². The molecule has 3 nitrogen and oxygen atoms in total. The summed E-state index contributed by atoms with van der Waals surface area (Å²) >= 11 is 0. The number of hydrogen-bond donors (Lipinski definition) is 0. The molecule has 0 aliphatic rings. The maximum absolute atomic E-state index is 6.15. The molecule has 0 fully saturated rings. The largest absolute Gasteiger partial charge is 0.456 e. The number of fused-ring (bicyclic) bond motifs is 9. The van der Waals surface area contributed by atoms with Crippen molar-refractivity contribution in [2.75, 3.05) is 0 Å². The van der Waals surface area contributed by atoms with Gasteiger partial charge in [0.2, 0.25) is 0 Å². The second-order valence-electron chi connectivity index (χ2n) is 15.0. The fraction of sp³-hybridized carbons (Fsp3) is 0.196. The van der Waals surface area contributed by atoms with Crippen molar-refractivity contribution < 1.29 is 4.42 Å². The monoisotopic (exact) mass is 666 g/mol. The average Bonchev–Trinajstić information content (AvgIpc) is 3.66. The number of pyridine rings is 1. The summed E-state index contributed by atoms with van der Waals surface area (Å²) in [7, 11) is -1.78. The molecule has 3 aromatic heterocycles. The zero-order valence-corrected chi connectivity index (χ0v) is 30.7. The molecule has 9 aromatic rings. The average molecular weight is 667 g/mol. The molecule has 0 unspecified atom stereocenters. The Labute approximate surface area is 294 Å². The van der Waals surface area contributed by atoms with Crippen molar-refractivity contribution in [1.82, 2.24) is 9.55 Å². The van der Waals surface area contributed by atoms with Crippen LogP contribution in [-0.2, 0) is 0 Å². The fourth-order valence-corrected chi connectivity index (χ4v) is 16.4. The molecule has 6 aromatic carbocycles. The number of rotatable bonds is 6. The highest BCUT2D eigenvalue weighted by Crippen LogP contribution is 2.42. The summed E-state index contributed by atoms with van der Waals surface area (Å²) < 4.78 is 8.51.